The van der Waals surface area contributed by atoms with Gasteiger partial charge in [0, 0.05) is 6.54 Å². The van der Waals surface area contributed by atoms with Gasteiger partial charge in [-0.3, -0.25) is 11.3 Å². The number of hydrazine groups is 1. The molecular weight excluding hydrogens is 151 g/mol. The van der Waals surface area contributed by atoms with Crippen molar-refractivity contribution < 1.29 is 28.5 Å². The number of nitrogens with two attached hydrogens (primary N) is 1. The van der Waals surface area contributed by atoms with E-state index in [9.17, 15) is 14.0 Å². The number of nitrogens with one attached hydrogen (secondary N) is 1. The van der Waals surface area contributed by atoms with Crippen LogP contribution in [0.15, 0.2) is 0 Å². The quantitative estimate of drug-likeness (QED) is 0.242. The Morgan fingerprint density at radius 1 is 1.44 bits per heavy atom. The van der Waals surface area contributed by atoms with E-state index in [4.69, 9.17) is 5.84 Å². The maximum atomic E-state index is 9.63. The fourth-order valence-corrected chi connectivity index (χ4v) is 0.458. The Morgan fingerprint density at radius 3 is 2.33 bits per heavy atom. The highest BCUT2D eigenvalue weighted by atomic mass is 35.7. The second-order valence-electron chi connectivity index (χ2n) is 1.15. The molecule has 0 unspecified atom stereocenters. The van der Waals surface area contributed by atoms with E-state index in [0.29, 0.717) is 0 Å². The molecule has 56 valence electrons. The van der Waals surface area contributed by atoms with Crippen molar-refractivity contribution in [2.45, 2.75) is 0 Å². The van der Waals surface area contributed by atoms with E-state index in [-0.39, 0.29) is 13.2 Å². The molecule has 0 amide bonds. The van der Waals surface area contributed by atoms with Crippen LogP contribution >= 0.6 is 0 Å². The molecule has 0 bridgehead atoms. The van der Waals surface area contributed by atoms with Crippen LogP contribution in [0.1, 0.15) is 0 Å². The van der Waals surface area contributed by atoms with Gasteiger partial charge < -0.3 is 0 Å². The third-order valence-corrected chi connectivity index (χ3v) is 0.879. The van der Waals surface area contributed by atoms with Crippen molar-refractivity contribution in [3.63, 3.8) is 0 Å². The predicted octanol–water partition coefficient (Wildman–Crippen LogP) is -4.64. The summed E-state index contributed by atoms with van der Waals surface area (Å²) in [5.74, 6) is 4.73. The van der Waals surface area contributed by atoms with Crippen molar-refractivity contribution in [3.8, 4) is 0 Å². The molecule has 0 rings (SSSR count). The highest BCUT2D eigenvalue weighted by Crippen LogP contribution is 1.84. The molecule has 6 nitrogen and oxygen atoms in total. The Balaban J connectivity index is 3.07. The first kappa shape index (κ1) is 9.05. The van der Waals surface area contributed by atoms with E-state index in [1.807, 2.05) is 0 Å². The first-order valence-corrected chi connectivity index (χ1v) is 3.28. The zero-order valence-corrected chi connectivity index (χ0v) is 5.26. The van der Waals surface area contributed by atoms with E-state index in [1.165, 1.54) is 0 Å². The third-order valence-electron chi connectivity index (χ3n) is 0.457. The Bertz CT molecular complexity index is 73.5. The van der Waals surface area contributed by atoms with E-state index >= 15 is 0 Å². The van der Waals surface area contributed by atoms with Gasteiger partial charge in [-0.2, -0.15) is 14.0 Å². The summed E-state index contributed by atoms with van der Waals surface area (Å²) in [6.07, 6.45) is 0. The SMILES string of the molecule is NNCCO[Cl+3]([O-])([O-])[O-]. The number of hydrogen-bond donors (Lipinski definition) is 2. The second kappa shape index (κ2) is 3.96. The van der Waals surface area contributed by atoms with Gasteiger partial charge in [0.25, 0.3) is 0 Å². The highest BCUT2D eigenvalue weighted by Gasteiger charge is 2.14. The Labute approximate surface area is 53.9 Å². The maximum Gasteiger partial charge on any atom is 0.217 e. The Morgan fingerprint density at radius 2 is 2.00 bits per heavy atom. The second-order valence-corrected chi connectivity index (χ2v) is 2.12. The lowest BCUT2D eigenvalue weighted by atomic mass is 10.7. The maximum absolute atomic E-state index is 9.63. The minimum atomic E-state index is -4.29. The molecule has 0 spiro atoms. The predicted molar refractivity (Wildman–Crippen MR) is 18.1 cm³/mol. The molecule has 7 heteroatoms. The van der Waals surface area contributed by atoms with Gasteiger partial charge in [0.15, 0.2) is 0 Å². The first-order chi connectivity index (χ1) is 4.06. The molecule has 0 aliphatic carbocycles. The summed E-state index contributed by atoms with van der Waals surface area (Å²) >= 11 is 0. The molecule has 0 aliphatic heterocycles. The van der Waals surface area contributed by atoms with Crippen molar-refractivity contribution in [2.75, 3.05) is 13.2 Å². The van der Waals surface area contributed by atoms with Crippen LogP contribution in [0, 0.1) is 10.2 Å². The third kappa shape index (κ3) is 8.05. The average molecular weight is 159 g/mol. The summed E-state index contributed by atoms with van der Waals surface area (Å²) < 4.78 is 32.6. The van der Waals surface area contributed by atoms with E-state index in [1.54, 1.807) is 0 Å². The summed E-state index contributed by atoms with van der Waals surface area (Å²) in [4.78, 5) is 0. The molecule has 3 N–H and O–H groups in total. The smallest absolute Gasteiger partial charge is 0.217 e. The summed E-state index contributed by atoms with van der Waals surface area (Å²) in [6, 6.07) is 0. The minimum absolute atomic E-state index is 0.120. The van der Waals surface area contributed by atoms with Crippen LogP contribution in [0.4, 0.5) is 0 Å². The highest BCUT2D eigenvalue weighted by molar-refractivity contribution is 4.26. The van der Waals surface area contributed by atoms with Crippen molar-refractivity contribution >= 4 is 0 Å². The van der Waals surface area contributed by atoms with Gasteiger partial charge in [0.05, 0.1) is 14.5 Å². The zero-order valence-electron chi connectivity index (χ0n) is 4.50. The Hall–Kier alpha value is 0.0500. The molecule has 0 aromatic heterocycles. The summed E-state index contributed by atoms with van der Waals surface area (Å²) in [5.41, 5.74) is 2.11. The molecule has 0 heterocycles. The van der Waals surface area contributed by atoms with Crippen molar-refractivity contribution in [1.82, 2.24) is 5.43 Å². The van der Waals surface area contributed by atoms with Gasteiger partial charge in [-0.25, -0.2) is 0 Å². The standard InChI is InChI=1S/C2H7ClN2O4/c4-5-1-2-9-3(6,7)8/h5H,1-2,4H2. The molecule has 0 saturated heterocycles. The first-order valence-electron chi connectivity index (χ1n) is 2.05. The van der Waals surface area contributed by atoms with Crippen LogP contribution in [0.3, 0.4) is 0 Å². The van der Waals surface area contributed by atoms with Crippen LogP contribution in [-0.2, 0) is 4.29 Å². The molecular formula is C2H7ClN2O4. The molecule has 0 aromatic rings. The van der Waals surface area contributed by atoms with Gasteiger partial charge >= 0.3 is 0 Å². The van der Waals surface area contributed by atoms with Crippen molar-refractivity contribution in [3.05, 3.63) is 0 Å². The van der Waals surface area contributed by atoms with Gasteiger partial charge in [0.1, 0.15) is 0 Å². The lowest BCUT2D eigenvalue weighted by molar-refractivity contribution is -1.92. The van der Waals surface area contributed by atoms with E-state index in [2.05, 4.69) is 9.72 Å². The largest absolute Gasteiger partial charge is 0.271 e. The summed E-state index contributed by atoms with van der Waals surface area (Å²) in [7, 11) is -4.29. The van der Waals surface area contributed by atoms with Gasteiger partial charge in [-0.1, -0.05) is 0 Å². The fourth-order valence-electron chi connectivity index (χ4n) is 0.192. The van der Waals surface area contributed by atoms with Crippen LogP contribution in [0.25, 0.3) is 0 Å². The Kier molecular flexibility index (Phi) is 3.98. The van der Waals surface area contributed by atoms with E-state index < -0.39 is 10.2 Å². The summed E-state index contributed by atoms with van der Waals surface area (Å²) in [6.45, 7) is -0.127. The monoisotopic (exact) mass is 158 g/mol. The number of rotatable bonds is 4. The topological polar surface area (TPSA) is 116 Å². The molecule has 9 heavy (non-hydrogen) atoms. The van der Waals surface area contributed by atoms with Gasteiger partial charge in [0.2, 0.25) is 6.61 Å². The van der Waals surface area contributed by atoms with Crippen molar-refractivity contribution in [2.24, 2.45) is 5.84 Å². The lowest BCUT2D eigenvalue weighted by Gasteiger charge is -2.11. The molecule has 0 aliphatic rings. The molecule has 0 aromatic carbocycles. The molecule has 0 radical (unpaired) electrons. The number of halogens is 1. The lowest BCUT2D eigenvalue weighted by Crippen LogP contribution is -2.61. The minimum Gasteiger partial charge on any atom is -0.271 e. The normalized spacial score (nSPS) is 12.0. The van der Waals surface area contributed by atoms with Gasteiger partial charge in [-0.15, -0.1) is 0 Å². The van der Waals surface area contributed by atoms with Crippen LogP contribution < -0.4 is 25.2 Å². The molecule has 0 atom stereocenters. The average Bonchev–Trinajstić information content (AvgIpc) is 1.63. The zero-order chi connectivity index (χ0) is 7.33. The van der Waals surface area contributed by atoms with Gasteiger partial charge in [-0.05, 0) is 0 Å². The summed E-state index contributed by atoms with van der Waals surface area (Å²) in [5, 5.41) is 0. The van der Waals surface area contributed by atoms with Crippen LogP contribution in [0.2, 0.25) is 0 Å². The van der Waals surface area contributed by atoms with E-state index in [0.717, 1.165) is 0 Å². The molecule has 0 fully saturated rings. The number of hydrogen-bond acceptors (Lipinski definition) is 6. The van der Waals surface area contributed by atoms with Crippen LogP contribution in [-0.4, -0.2) is 13.2 Å². The fraction of sp³-hybridized carbons (Fsp3) is 1.00. The van der Waals surface area contributed by atoms with Crippen LogP contribution in [0.5, 0.6) is 0 Å². The molecule has 0 saturated carbocycles. The van der Waals surface area contributed by atoms with Crippen molar-refractivity contribution in [1.29, 1.82) is 0 Å².